The van der Waals surface area contributed by atoms with Crippen LogP contribution in [0.3, 0.4) is 0 Å². The van der Waals surface area contributed by atoms with Crippen molar-refractivity contribution in [2.24, 2.45) is 5.92 Å². The average molecular weight is 297 g/mol. The maximum atomic E-state index is 12.3. The Bertz CT molecular complexity index is 729. The number of hydrogen-bond acceptors (Lipinski definition) is 3. The molecule has 0 unspecified atom stereocenters. The van der Waals surface area contributed by atoms with Crippen LogP contribution in [0, 0.1) is 5.92 Å². The lowest BCUT2D eigenvalue weighted by atomic mass is 9.98. The number of hydrogen-bond donors (Lipinski definition) is 3. The number of H-pyrrole nitrogens is 2. The summed E-state index contributed by atoms with van der Waals surface area (Å²) < 4.78 is 0. The van der Waals surface area contributed by atoms with Gasteiger partial charge < -0.3 is 10.3 Å². The Morgan fingerprint density at radius 3 is 2.82 bits per heavy atom. The van der Waals surface area contributed by atoms with E-state index in [0.29, 0.717) is 5.69 Å². The van der Waals surface area contributed by atoms with Gasteiger partial charge in [-0.15, -0.1) is 0 Å². The normalized spacial score (nSPS) is 13.9. The Morgan fingerprint density at radius 2 is 2.14 bits per heavy atom. The number of carbonyl (C=O) groups is 1. The summed E-state index contributed by atoms with van der Waals surface area (Å²) in [6, 6.07) is 9.34. The van der Waals surface area contributed by atoms with Crippen LogP contribution >= 0.6 is 0 Å². The zero-order valence-electron chi connectivity index (χ0n) is 12.6. The molecule has 2 aromatic heterocycles. The Hall–Kier alpha value is -2.63. The highest BCUT2D eigenvalue weighted by Gasteiger charge is 2.24. The van der Waals surface area contributed by atoms with Crippen LogP contribution in [0.5, 0.6) is 0 Å². The van der Waals surface area contributed by atoms with E-state index < -0.39 is 0 Å². The summed E-state index contributed by atoms with van der Waals surface area (Å²) in [5.41, 5.74) is 2.33. The summed E-state index contributed by atoms with van der Waals surface area (Å²) >= 11 is 0. The van der Waals surface area contributed by atoms with Crippen LogP contribution in [0.15, 0.2) is 36.5 Å². The summed E-state index contributed by atoms with van der Waals surface area (Å²) in [6.45, 7) is 4.20. The van der Waals surface area contributed by atoms with E-state index in [1.54, 1.807) is 12.3 Å². The molecule has 2 heterocycles. The molecule has 114 valence electrons. The van der Waals surface area contributed by atoms with Gasteiger partial charge in [0.05, 0.1) is 17.1 Å². The lowest BCUT2D eigenvalue weighted by molar-refractivity contribution is 0.0915. The third-order valence-electron chi connectivity index (χ3n) is 3.95. The second-order valence-electron chi connectivity index (χ2n) is 5.45. The molecular formula is C16H19N5O. The first-order valence-corrected chi connectivity index (χ1v) is 7.44. The molecule has 0 fully saturated rings. The number of para-hydroxylation sites is 2. The Morgan fingerprint density at radius 1 is 1.32 bits per heavy atom. The van der Waals surface area contributed by atoms with E-state index in [-0.39, 0.29) is 17.9 Å². The summed E-state index contributed by atoms with van der Waals surface area (Å²) in [5, 5.41) is 9.54. The van der Waals surface area contributed by atoms with E-state index in [0.717, 1.165) is 23.3 Å². The Labute approximate surface area is 128 Å². The van der Waals surface area contributed by atoms with Crippen molar-refractivity contribution in [3.8, 4) is 0 Å². The number of fused-ring (bicyclic) bond motifs is 1. The first-order chi connectivity index (χ1) is 10.7. The van der Waals surface area contributed by atoms with Gasteiger partial charge >= 0.3 is 0 Å². The van der Waals surface area contributed by atoms with Crippen molar-refractivity contribution in [3.63, 3.8) is 0 Å². The maximum Gasteiger partial charge on any atom is 0.269 e. The van der Waals surface area contributed by atoms with Gasteiger partial charge in [-0.25, -0.2) is 4.98 Å². The summed E-state index contributed by atoms with van der Waals surface area (Å²) in [6.07, 6.45) is 2.50. The molecule has 22 heavy (non-hydrogen) atoms. The highest BCUT2D eigenvalue weighted by atomic mass is 16.2. The molecule has 2 atom stereocenters. The molecule has 6 nitrogen and oxygen atoms in total. The molecule has 3 aromatic rings. The van der Waals surface area contributed by atoms with Gasteiger partial charge in [0, 0.05) is 6.20 Å². The third-order valence-corrected chi connectivity index (χ3v) is 3.95. The molecule has 0 bridgehead atoms. The molecule has 0 aliphatic carbocycles. The second-order valence-corrected chi connectivity index (χ2v) is 5.45. The molecule has 3 rings (SSSR count). The molecule has 1 aromatic carbocycles. The van der Waals surface area contributed by atoms with Crippen LogP contribution in [0.25, 0.3) is 11.0 Å². The average Bonchev–Trinajstić information content (AvgIpc) is 3.20. The minimum atomic E-state index is -0.178. The van der Waals surface area contributed by atoms with Gasteiger partial charge in [0.15, 0.2) is 0 Å². The highest BCUT2D eigenvalue weighted by Crippen LogP contribution is 2.24. The van der Waals surface area contributed by atoms with E-state index in [1.165, 1.54) is 0 Å². The SMILES string of the molecule is CC[C@@H](C)[C@H](NC(=O)c1ccn[nH]1)c1nc2ccccc2[nH]1. The first-order valence-electron chi connectivity index (χ1n) is 7.44. The fourth-order valence-corrected chi connectivity index (χ4v) is 2.44. The van der Waals surface area contributed by atoms with Gasteiger partial charge in [-0.05, 0) is 24.1 Å². The molecule has 0 aliphatic heterocycles. The number of carbonyl (C=O) groups excluding carboxylic acids is 1. The van der Waals surface area contributed by atoms with Gasteiger partial charge in [-0.2, -0.15) is 5.10 Å². The van der Waals surface area contributed by atoms with E-state index in [1.807, 2.05) is 24.3 Å². The zero-order valence-corrected chi connectivity index (χ0v) is 12.6. The van der Waals surface area contributed by atoms with Crippen molar-refractivity contribution in [3.05, 3.63) is 48.0 Å². The van der Waals surface area contributed by atoms with E-state index >= 15 is 0 Å². The van der Waals surface area contributed by atoms with Crippen molar-refractivity contribution < 1.29 is 4.79 Å². The van der Waals surface area contributed by atoms with Crippen molar-refractivity contribution >= 4 is 16.9 Å². The van der Waals surface area contributed by atoms with Crippen LogP contribution in [0.1, 0.15) is 42.6 Å². The Balaban J connectivity index is 1.90. The maximum absolute atomic E-state index is 12.3. The molecule has 1 amide bonds. The summed E-state index contributed by atoms with van der Waals surface area (Å²) in [4.78, 5) is 20.2. The van der Waals surface area contributed by atoms with Gasteiger partial charge in [-0.3, -0.25) is 9.89 Å². The highest BCUT2D eigenvalue weighted by molar-refractivity contribution is 5.92. The molecule has 0 spiro atoms. The van der Waals surface area contributed by atoms with Crippen molar-refractivity contribution in [2.75, 3.05) is 0 Å². The van der Waals surface area contributed by atoms with Crippen LogP contribution in [0.4, 0.5) is 0 Å². The summed E-state index contributed by atoms with van der Waals surface area (Å²) in [7, 11) is 0. The van der Waals surface area contributed by atoms with Crippen LogP contribution < -0.4 is 5.32 Å². The van der Waals surface area contributed by atoms with E-state index in [2.05, 4.69) is 39.3 Å². The first kappa shape index (κ1) is 14.3. The predicted molar refractivity (Wildman–Crippen MR) is 84.3 cm³/mol. The van der Waals surface area contributed by atoms with Gasteiger partial charge in [0.2, 0.25) is 0 Å². The molecule has 3 N–H and O–H groups in total. The summed E-state index contributed by atoms with van der Waals surface area (Å²) in [5.74, 6) is 0.860. The topological polar surface area (TPSA) is 86.5 Å². The minimum absolute atomic E-state index is 0.173. The molecule has 6 heteroatoms. The fourth-order valence-electron chi connectivity index (χ4n) is 2.44. The van der Waals surface area contributed by atoms with Crippen molar-refractivity contribution in [1.29, 1.82) is 0 Å². The lowest BCUT2D eigenvalue weighted by Crippen LogP contribution is -2.33. The lowest BCUT2D eigenvalue weighted by Gasteiger charge is -2.22. The van der Waals surface area contributed by atoms with Gasteiger partial charge in [-0.1, -0.05) is 32.4 Å². The quantitative estimate of drug-likeness (QED) is 0.677. The largest absolute Gasteiger partial charge is 0.340 e. The fraction of sp³-hybridized carbons (Fsp3) is 0.312. The minimum Gasteiger partial charge on any atom is -0.340 e. The Kier molecular flexibility index (Phi) is 3.91. The number of benzene rings is 1. The number of nitrogens with one attached hydrogen (secondary N) is 3. The zero-order chi connectivity index (χ0) is 15.5. The number of nitrogens with zero attached hydrogens (tertiary/aromatic N) is 2. The number of amides is 1. The number of aromatic nitrogens is 4. The molecule has 0 radical (unpaired) electrons. The van der Waals surface area contributed by atoms with Crippen molar-refractivity contribution in [2.45, 2.75) is 26.3 Å². The van der Waals surface area contributed by atoms with Gasteiger partial charge in [0.25, 0.3) is 5.91 Å². The van der Waals surface area contributed by atoms with E-state index in [9.17, 15) is 4.79 Å². The predicted octanol–water partition coefficient (Wildman–Crippen LogP) is 2.80. The molecule has 0 saturated carbocycles. The van der Waals surface area contributed by atoms with Crippen LogP contribution in [-0.2, 0) is 0 Å². The molecular weight excluding hydrogens is 278 g/mol. The third kappa shape index (κ3) is 2.72. The molecule has 0 aliphatic rings. The second kappa shape index (κ2) is 6.01. The molecule has 0 saturated heterocycles. The smallest absolute Gasteiger partial charge is 0.269 e. The van der Waals surface area contributed by atoms with Crippen molar-refractivity contribution in [1.82, 2.24) is 25.5 Å². The van der Waals surface area contributed by atoms with Crippen LogP contribution in [-0.4, -0.2) is 26.1 Å². The number of aromatic amines is 2. The standard InChI is InChI=1S/C16H19N5O/c1-3-10(2)14(20-16(22)13-8-9-17-21-13)15-18-11-6-4-5-7-12(11)19-15/h4-10,14H,3H2,1-2H3,(H,17,21)(H,18,19)(H,20,22)/t10-,14+/m1/s1. The monoisotopic (exact) mass is 297 g/mol. The number of rotatable bonds is 5. The van der Waals surface area contributed by atoms with Crippen LogP contribution in [0.2, 0.25) is 0 Å². The van der Waals surface area contributed by atoms with Gasteiger partial charge in [0.1, 0.15) is 11.5 Å². The number of imidazole rings is 1. The van der Waals surface area contributed by atoms with E-state index in [4.69, 9.17) is 0 Å².